The Morgan fingerprint density at radius 3 is 2.33 bits per heavy atom. The summed E-state index contributed by atoms with van der Waals surface area (Å²) in [7, 11) is -3.32. The molecule has 0 radical (unpaired) electrons. The van der Waals surface area contributed by atoms with Crippen molar-refractivity contribution < 1.29 is 17.6 Å². The summed E-state index contributed by atoms with van der Waals surface area (Å²) in [5.74, 6) is 0.832. The van der Waals surface area contributed by atoms with Gasteiger partial charge in [0.25, 0.3) is 0 Å². The molecule has 0 N–H and O–H groups in total. The average Bonchev–Trinajstić information content (AvgIpc) is 3.04. The third-order valence-corrected chi connectivity index (χ3v) is 4.87. The summed E-state index contributed by atoms with van der Waals surface area (Å²) in [6, 6.07) is 18.5. The van der Waals surface area contributed by atoms with Crippen molar-refractivity contribution in [2.45, 2.75) is 5.75 Å². The number of hydrogen-bond acceptors (Lipinski definition) is 5. The first-order chi connectivity index (χ1) is 11.6. The lowest BCUT2D eigenvalue weighted by Gasteiger charge is -2.06. The van der Waals surface area contributed by atoms with Crippen LogP contribution in [0, 0.1) is 0 Å². The van der Waals surface area contributed by atoms with Crippen LogP contribution >= 0.6 is 0 Å². The van der Waals surface area contributed by atoms with Crippen molar-refractivity contribution in [2.75, 3.05) is 12.4 Å². The van der Waals surface area contributed by atoms with Gasteiger partial charge in [-0.1, -0.05) is 36.4 Å². The van der Waals surface area contributed by atoms with Crippen LogP contribution in [0.25, 0.3) is 11.5 Å². The second kappa shape index (κ2) is 7.31. The Morgan fingerprint density at radius 1 is 0.958 bits per heavy atom. The van der Waals surface area contributed by atoms with Gasteiger partial charge in [-0.3, -0.25) is 0 Å². The lowest BCUT2D eigenvalue weighted by molar-refractivity contribution is 0.341. The minimum absolute atomic E-state index is 0.0740. The van der Waals surface area contributed by atoms with Gasteiger partial charge in [0.1, 0.15) is 18.6 Å². The van der Waals surface area contributed by atoms with Crippen LogP contribution in [-0.2, 0) is 15.6 Å². The summed E-state index contributed by atoms with van der Waals surface area (Å²) in [5.41, 5.74) is 1.21. The summed E-state index contributed by atoms with van der Waals surface area (Å²) in [6.07, 6.45) is 1.39. The summed E-state index contributed by atoms with van der Waals surface area (Å²) < 4.78 is 35.1. The zero-order valence-corrected chi connectivity index (χ0v) is 13.8. The summed E-state index contributed by atoms with van der Waals surface area (Å²) in [4.78, 5) is 4.25. The van der Waals surface area contributed by atoms with E-state index in [9.17, 15) is 8.42 Å². The Balaban J connectivity index is 1.58. The first-order valence-corrected chi connectivity index (χ1v) is 9.33. The number of oxazole rings is 1. The quantitative estimate of drug-likeness (QED) is 0.658. The van der Waals surface area contributed by atoms with Gasteiger partial charge in [-0.2, -0.15) is 0 Å². The van der Waals surface area contributed by atoms with Gasteiger partial charge in [0.15, 0.2) is 9.84 Å². The maximum atomic E-state index is 12.2. The molecule has 0 saturated carbocycles. The van der Waals surface area contributed by atoms with Crippen LogP contribution in [-0.4, -0.2) is 25.8 Å². The van der Waals surface area contributed by atoms with Crippen molar-refractivity contribution in [3.63, 3.8) is 0 Å². The SMILES string of the molecule is O=S(=O)(CCOc1ccccc1)Cc1coc(-c2ccccc2)n1. The van der Waals surface area contributed by atoms with Gasteiger partial charge in [0.2, 0.25) is 5.89 Å². The van der Waals surface area contributed by atoms with Gasteiger partial charge >= 0.3 is 0 Å². The largest absolute Gasteiger partial charge is 0.493 e. The number of hydrogen-bond donors (Lipinski definition) is 0. The molecule has 0 fully saturated rings. The molecule has 0 spiro atoms. The van der Waals surface area contributed by atoms with Crippen molar-refractivity contribution >= 4 is 9.84 Å². The normalized spacial score (nSPS) is 11.3. The molecule has 3 aromatic rings. The number of aromatic nitrogens is 1. The first kappa shape index (κ1) is 16.3. The molecule has 1 heterocycles. The van der Waals surface area contributed by atoms with Gasteiger partial charge in [-0.25, -0.2) is 13.4 Å². The standard InChI is InChI=1S/C18H17NO4S/c20-24(21,12-11-22-17-9-5-2-6-10-17)14-16-13-23-18(19-16)15-7-3-1-4-8-15/h1-10,13H,11-12,14H2. The van der Waals surface area contributed by atoms with Crippen molar-refractivity contribution in [3.05, 3.63) is 72.6 Å². The fourth-order valence-electron chi connectivity index (χ4n) is 2.19. The molecule has 24 heavy (non-hydrogen) atoms. The molecular weight excluding hydrogens is 326 g/mol. The minimum Gasteiger partial charge on any atom is -0.493 e. The molecule has 0 atom stereocenters. The predicted molar refractivity (Wildman–Crippen MR) is 91.4 cm³/mol. The van der Waals surface area contributed by atoms with Crippen LogP contribution in [0.15, 0.2) is 71.3 Å². The average molecular weight is 343 g/mol. The summed E-state index contributed by atoms with van der Waals surface area (Å²) in [5, 5.41) is 0. The van der Waals surface area contributed by atoms with Crippen LogP contribution in [0.2, 0.25) is 0 Å². The van der Waals surface area contributed by atoms with Crippen molar-refractivity contribution in [1.29, 1.82) is 0 Å². The summed E-state index contributed by atoms with van der Waals surface area (Å²) in [6.45, 7) is 0.107. The number of para-hydroxylation sites is 1. The zero-order chi connectivity index (χ0) is 16.8. The van der Waals surface area contributed by atoms with E-state index in [0.717, 1.165) is 5.56 Å². The molecule has 6 heteroatoms. The molecule has 0 saturated heterocycles. The molecule has 0 aliphatic rings. The van der Waals surface area contributed by atoms with Crippen molar-refractivity contribution in [2.24, 2.45) is 0 Å². The highest BCUT2D eigenvalue weighted by molar-refractivity contribution is 7.90. The lowest BCUT2D eigenvalue weighted by atomic mass is 10.2. The predicted octanol–water partition coefficient (Wildman–Crippen LogP) is 3.34. The molecular formula is C18H17NO4S. The van der Waals surface area contributed by atoms with E-state index in [4.69, 9.17) is 9.15 Å². The maximum Gasteiger partial charge on any atom is 0.226 e. The minimum atomic E-state index is -3.32. The first-order valence-electron chi connectivity index (χ1n) is 7.50. The molecule has 0 aliphatic heterocycles. The maximum absolute atomic E-state index is 12.2. The molecule has 3 rings (SSSR count). The Hall–Kier alpha value is -2.60. The van der Waals surface area contributed by atoms with Crippen LogP contribution in [0.4, 0.5) is 0 Å². The highest BCUT2D eigenvalue weighted by Crippen LogP contribution is 2.19. The van der Waals surface area contributed by atoms with Gasteiger partial charge in [0, 0.05) is 5.56 Å². The third kappa shape index (κ3) is 4.45. The topological polar surface area (TPSA) is 69.4 Å². The molecule has 0 aliphatic carbocycles. The molecule has 2 aromatic carbocycles. The number of rotatable bonds is 7. The van der Waals surface area contributed by atoms with Crippen molar-refractivity contribution in [1.82, 2.24) is 4.98 Å². The van der Waals surface area contributed by atoms with Gasteiger partial charge in [-0.05, 0) is 24.3 Å². The molecule has 0 bridgehead atoms. The van der Waals surface area contributed by atoms with E-state index >= 15 is 0 Å². The van der Waals surface area contributed by atoms with E-state index in [1.54, 1.807) is 12.1 Å². The highest BCUT2D eigenvalue weighted by atomic mass is 32.2. The van der Waals surface area contributed by atoms with Crippen LogP contribution in [0.1, 0.15) is 5.69 Å². The fraction of sp³-hybridized carbons (Fsp3) is 0.167. The van der Waals surface area contributed by atoms with E-state index < -0.39 is 9.84 Å². The van der Waals surface area contributed by atoms with E-state index in [2.05, 4.69) is 4.98 Å². The molecule has 5 nitrogen and oxygen atoms in total. The smallest absolute Gasteiger partial charge is 0.226 e. The van der Waals surface area contributed by atoms with Crippen LogP contribution in [0.3, 0.4) is 0 Å². The van der Waals surface area contributed by atoms with Crippen LogP contribution < -0.4 is 4.74 Å². The van der Waals surface area contributed by atoms with Gasteiger partial charge in [-0.15, -0.1) is 0 Å². The fourth-order valence-corrected chi connectivity index (χ4v) is 3.25. The number of nitrogens with zero attached hydrogens (tertiary/aromatic N) is 1. The number of sulfone groups is 1. The Labute approximate surface area is 140 Å². The zero-order valence-electron chi connectivity index (χ0n) is 13.0. The molecule has 0 unspecified atom stereocenters. The van der Waals surface area contributed by atoms with Crippen LogP contribution in [0.5, 0.6) is 5.75 Å². The monoisotopic (exact) mass is 343 g/mol. The third-order valence-electron chi connectivity index (χ3n) is 3.35. The van der Waals surface area contributed by atoms with Gasteiger partial charge in [0.05, 0.1) is 17.2 Å². The Morgan fingerprint density at radius 2 is 1.62 bits per heavy atom. The van der Waals surface area contributed by atoms with E-state index in [1.165, 1.54) is 6.26 Å². The lowest BCUT2D eigenvalue weighted by Crippen LogP contribution is -2.16. The number of benzene rings is 2. The van der Waals surface area contributed by atoms with E-state index in [-0.39, 0.29) is 18.1 Å². The van der Waals surface area contributed by atoms with E-state index in [0.29, 0.717) is 17.3 Å². The molecule has 0 amide bonds. The summed E-state index contributed by atoms with van der Waals surface area (Å²) >= 11 is 0. The second-order valence-corrected chi connectivity index (χ2v) is 7.45. The highest BCUT2D eigenvalue weighted by Gasteiger charge is 2.16. The van der Waals surface area contributed by atoms with Crippen molar-refractivity contribution in [3.8, 4) is 17.2 Å². The number of ether oxygens (including phenoxy) is 1. The molecule has 1 aromatic heterocycles. The Bertz CT molecular complexity index is 874. The second-order valence-electron chi connectivity index (χ2n) is 5.26. The van der Waals surface area contributed by atoms with Gasteiger partial charge < -0.3 is 9.15 Å². The molecule has 124 valence electrons. The van der Waals surface area contributed by atoms with E-state index in [1.807, 2.05) is 48.5 Å². The Kier molecular flexibility index (Phi) is 4.96.